The fraction of sp³-hybridized carbons (Fsp3) is 0.150. The molecule has 0 spiro atoms. The number of anilines is 1. The maximum Gasteiger partial charge on any atom is 0.316 e. The highest BCUT2D eigenvalue weighted by Crippen LogP contribution is 2.26. The van der Waals surface area contributed by atoms with Gasteiger partial charge in [0.2, 0.25) is 5.13 Å². The minimum Gasteiger partial charge on any atom is -0.465 e. The van der Waals surface area contributed by atoms with E-state index in [9.17, 15) is 14.4 Å². The van der Waals surface area contributed by atoms with Crippen LogP contribution in [0.1, 0.15) is 33.2 Å². The summed E-state index contributed by atoms with van der Waals surface area (Å²) in [7, 11) is 0. The normalized spacial score (nSPS) is 10.4. The summed E-state index contributed by atoms with van der Waals surface area (Å²) in [6.07, 6.45) is 0. The number of aromatic nitrogens is 2. The molecule has 1 amide bonds. The zero-order chi connectivity index (χ0) is 20.6. The number of rotatable bonds is 8. The van der Waals surface area contributed by atoms with Gasteiger partial charge in [-0.2, -0.15) is 0 Å². The van der Waals surface area contributed by atoms with Gasteiger partial charge in [-0.1, -0.05) is 65.6 Å². The van der Waals surface area contributed by atoms with Crippen LogP contribution in [0.25, 0.3) is 0 Å². The third-order valence-electron chi connectivity index (χ3n) is 3.69. The number of nitrogens with one attached hydrogen (secondary N) is 1. The number of carbonyl (C=O) groups excluding carboxylic acids is 3. The van der Waals surface area contributed by atoms with E-state index in [-0.39, 0.29) is 23.4 Å². The second kappa shape index (κ2) is 9.94. The highest BCUT2D eigenvalue weighted by Gasteiger charge is 2.14. The third-order valence-corrected chi connectivity index (χ3v) is 5.64. The summed E-state index contributed by atoms with van der Waals surface area (Å²) in [6, 6.07) is 15.3. The van der Waals surface area contributed by atoms with Crippen molar-refractivity contribution in [1.82, 2.24) is 10.2 Å². The Hall–Kier alpha value is -3.04. The van der Waals surface area contributed by atoms with E-state index in [0.29, 0.717) is 32.8 Å². The van der Waals surface area contributed by atoms with Gasteiger partial charge in [0.25, 0.3) is 5.91 Å². The van der Waals surface area contributed by atoms with Gasteiger partial charge in [0.15, 0.2) is 10.1 Å². The zero-order valence-corrected chi connectivity index (χ0v) is 17.1. The van der Waals surface area contributed by atoms with Crippen LogP contribution in [0.4, 0.5) is 5.13 Å². The highest BCUT2D eigenvalue weighted by atomic mass is 32.2. The van der Waals surface area contributed by atoms with E-state index in [4.69, 9.17) is 4.74 Å². The molecule has 1 heterocycles. The van der Waals surface area contributed by atoms with Gasteiger partial charge in [-0.25, -0.2) is 0 Å². The summed E-state index contributed by atoms with van der Waals surface area (Å²) in [5, 5.41) is 10.8. The monoisotopic (exact) mass is 427 g/mol. The lowest BCUT2D eigenvalue weighted by atomic mass is 10.0. The Bertz CT molecular complexity index is 1000. The van der Waals surface area contributed by atoms with Crippen LogP contribution in [0.15, 0.2) is 58.9 Å². The molecule has 0 unspecified atom stereocenters. The number of carbonyl (C=O) groups is 3. The van der Waals surface area contributed by atoms with Gasteiger partial charge < -0.3 is 4.74 Å². The van der Waals surface area contributed by atoms with Gasteiger partial charge in [-0.15, -0.1) is 10.2 Å². The van der Waals surface area contributed by atoms with Crippen molar-refractivity contribution in [2.75, 3.05) is 17.7 Å². The summed E-state index contributed by atoms with van der Waals surface area (Å²) in [6.45, 7) is 2.07. The molecule has 0 radical (unpaired) electrons. The summed E-state index contributed by atoms with van der Waals surface area (Å²) in [5.41, 5.74) is 1.48. The van der Waals surface area contributed by atoms with Gasteiger partial charge >= 0.3 is 5.97 Å². The minimum atomic E-state index is -0.359. The average molecular weight is 428 g/mol. The molecule has 1 aromatic heterocycles. The average Bonchev–Trinajstić information content (AvgIpc) is 3.20. The number of ether oxygens (including phenoxy) is 1. The number of amides is 1. The molecule has 2 aromatic carbocycles. The quantitative estimate of drug-likeness (QED) is 0.253. The first-order valence-electron chi connectivity index (χ1n) is 8.70. The lowest BCUT2D eigenvalue weighted by Crippen LogP contribution is -2.12. The Morgan fingerprint density at radius 2 is 1.62 bits per heavy atom. The fourth-order valence-electron chi connectivity index (χ4n) is 2.34. The Morgan fingerprint density at radius 3 is 2.31 bits per heavy atom. The molecule has 0 saturated heterocycles. The summed E-state index contributed by atoms with van der Waals surface area (Å²) in [4.78, 5) is 36.2. The molecule has 0 bridgehead atoms. The Kier molecular flexibility index (Phi) is 7.09. The van der Waals surface area contributed by atoms with Gasteiger partial charge in [-0.3, -0.25) is 19.7 Å². The molecule has 0 atom stereocenters. The molecular weight excluding hydrogens is 410 g/mol. The highest BCUT2D eigenvalue weighted by molar-refractivity contribution is 8.01. The molecule has 148 valence electrons. The predicted molar refractivity (Wildman–Crippen MR) is 112 cm³/mol. The van der Waals surface area contributed by atoms with Crippen LogP contribution in [-0.4, -0.2) is 40.2 Å². The Balaban J connectivity index is 1.58. The minimum absolute atomic E-state index is 0.107. The molecule has 0 aliphatic carbocycles. The first-order chi connectivity index (χ1) is 14.1. The molecule has 0 fully saturated rings. The molecule has 1 N–H and O–H groups in total. The fourth-order valence-corrected chi connectivity index (χ4v) is 3.89. The lowest BCUT2D eigenvalue weighted by Gasteiger charge is -2.04. The van der Waals surface area contributed by atoms with Gasteiger partial charge in [0, 0.05) is 16.7 Å². The second-order valence-electron chi connectivity index (χ2n) is 5.69. The SMILES string of the molecule is CCOC(=O)CSc1nnc(NC(=O)c2ccc(C(=O)c3ccccc3)cc2)s1. The molecule has 3 rings (SSSR count). The van der Waals surface area contributed by atoms with Crippen LogP contribution in [0.2, 0.25) is 0 Å². The van der Waals surface area contributed by atoms with Crippen molar-refractivity contribution in [1.29, 1.82) is 0 Å². The lowest BCUT2D eigenvalue weighted by molar-refractivity contribution is -0.139. The van der Waals surface area contributed by atoms with Crippen LogP contribution in [-0.2, 0) is 9.53 Å². The molecule has 0 saturated carbocycles. The first-order valence-corrected chi connectivity index (χ1v) is 10.5. The summed E-state index contributed by atoms with van der Waals surface area (Å²) in [5.74, 6) is -0.664. The van der Waals surface area contributed by atoms with Gasteiger partial charge in [0.05, 0.1) is 12.4 Å². The second-order valence-corrected chi connectivity index (χ2v) is 7.89. The standard InChI is InChI=1S/C20H17N3O4S2/c1-2-27-16(24)12-28-20-23-22-19(29-20)21-18(26)15-10-8-14(9-11-15)17(25)13-6-4-3-5-7-13/h3-11H,2,12H2,1H3,(H,21,22,26). The maximum absolute atomic E-state index is 12.4. The molecule has 0 aliphatic heterocycles. The van der Waals surface area contributed by atoms with Crippen LogP contribution >= 0.6 is 23.1 Å². The van der Waals surface area contributed by atoms with E-state index >= 15 is 0 Å². The molecule has 3 aromatic rings. The van der Waals surface area contributed by atoms with E-state index in [1.165, 1.54) is 23.1 Å². The third kappa shape index (κ3) is 5.72. The van der Waals surface area contributed by atoms with Crippen LogP contribution in [0.5, 0.6) is 0 Å². The van der Waals surface area contributed by atoms with Crippen LogP contribution in [0, 0.1) is 0 Å². The summed E-state index contributed by atoms with van der Waals surface area (Å²) < 4.78 is 5.40. The van der Waals surface area contributed by atoms with Gasteiger partial charge in [0.1, 0.15) is 0 Å². The van der Waals surface area contributed by atoms with E-state index in [1.807, 2.05) is 6.07 Å². The van der Waals surface area contributed by atoms with Crippen molar-refractivity contribution in [3.63, 3.8) is 0 Å². The Labute approximate surface area is 175 Å². The number of hydrogen-bond acceptors (Lipinski definition) is 8. The number of hydrogen-bond donors (Lipinski definition) is 1. The largest absolute Gasteiger partial charge is 0.465 e. The van der Waals surface area contributed by atoms with Crippen molar-refractivity contribution in [2.45, 2.75) is 11.3 Å². The van der Waals surface area contributed by atoms with E-state index in [1.54, 1.807) is 55.5 Å². The number of ketones is 1. The van der Waals surface area contributed by atoms with E-state index in [2.05, 4.69) is 15.5 Å². The molecule has 9 heteroatoms. The predicted octanol–water partition coefficient (Wildman–Crippen LogP) is 3.68. The molecular formula is C20H17N3O4S2. The van der Waals surface area contributed by atoms with Gasteiger partial charge in [-0.05, 0) is 19.1 Å². The number of thioether (sulfide) groups is 1. The van der Waals surface area contributed by atoms with Crippen molar-refractivity contribution in [3.8, 4) is 0 Å². The molecule has 0 aliphatic rings. The van der Waals surface area contributed by atoms with Crippen LogP contribution < -0.4 is 5.32 Å². The van der Waals surface area contributed by atoms with Crippen molar-refractivity contribution in [3.05, 3.63) is 71.3 Å². The number of benzene rings is 2. The first kappa shape index (κ1) is 20.7. The topological polar surface area (TPSA) is 98.2 Å². The maximum atomic E-state index is 12.4. The van der Waals surface area contributed by atoms with Crippen molar-refractivity contribution < 1.29 is 19.1 Å². The molecule has 7 nitrogen and oxygen atoms in total. The van der Waals surface area contributed by atoms with E-state index in [0.717, 1.165) is 0 Å². The smallest absolute Gasteiger partial charge is 0.316 e. The Morgan fingerprint density at radius 1 is 0.966 bits per heavy atom. The zero-order valence-electron chi connectivity index (χ0n) is 15.5. The van der Waals surface area contributed by atoms with E-state index < -0.39 is 0 Å². The number of esters is 1. The molecule has 29 heavy (non-hydrogen) atoms. The van der Waals surface area contributed by atoms with Crippen molar-refractivity contribution >= 4 is 45.9 Å². The van der Waals surface area contributed by atoms with Crippen LogP contribution in [0.3, 0.4) is 0 Å². The number of nitrogens with zero attached hydrogens (tertiary/aromatic N) is 2. The van der Waals surface area contributed by atoms with Crippen molar-refractivity contribution in [2.24, 2.45) is 0 Å². The summed E-state index contributed by atoms with van der Waals surface area (Å²) >= 11 is 2.37.